The number of carbonyl (C=O) groups excluding carboxylic acids is 1. The van der Waals surface area contributed by atoms with Gasteiger partial charge in [-0.3, -0.25) is 4.79 Å². The van der Waals surface area contributed by atoms with E-state index in [2.05, 4.69) is 9.47 Å². The number of benzene rings is 1. The minimum Gasteiger partial charge on any atom is -0.425 e. The van der Waals surface area contributed by atoms with Crippen LogP contribution in [0.4, 0.5) is 4.39 Å². The van der Waals surface area contributed by atoms with Gasteiger partial charge < -0.3 is 9.47 Å². The molecule has 2 rings (SSSR count). The normalized spacial score (nSPS) is 19.2. The van der Waals surface area contributed by atoms with Gasteiger partial charge in [0.25, 0.3) is 0 Å². The molecule has 0 saturated heterocycles. The Hall–Kier alpha value is -1.58. The second-order valence-electron chi connectivity index (χ2n) is 2.30. The molecule has 0 spiro atoms. The highest BCUT2D eigenvalue weighted by atomic mass is 19.2. The summed E-state index contributed by atoms with van der Waals surface area (Å²) in [4.78, 5) is 10.4. The molecule has 0 bridgehead atoms. The van der Waals surface area contributed by atoms with Gasteiger partial charge in [-0.1, -0.05) is 6.07 Å². The van der Waals surface area contributed by atoms with Crippen molar-refractivity contribution in [3.8, 4) is 11.5 Å². The average Bonchev–Trinajstić information content (AvgIpc) is 2.44. The lowest BCUT2D eigenvalue weighted by Crippen LogP contribution is -2.09. The zero-order chi connectivity index (χ0) is 8.55. The molecule has 1 aromatic carbocycles. The minimum absolute atomic E-state index is 0.181. The molecule has 4 heteroatoms. The Kier molecular flexibility index (Phi) is 1.46. The number of hydrogen-bond donors (Lipinski definition) is 0. The first-order valence-corrected chi connectivity index (χ1v) is 3.37. The molecule has 3 nitrogen and oxygen atoms in total. The molecule has 0 amide bonds. The first-order valence-electron chi connectivity index (χ1n) is 3.37. The fourth-order valence-corrected chi connectivity index (χ4v) is 1.06. The van der Waals surface area contributed by atoms with Crippen molar-refractivity contribution >= 4 is 6.29 Å². The van der Waals surface area contributed by atoms with E-state index in [9.17, 15) is 9.18 Å². The van der Waals surface area contributed by atoms with Crippen LogP contribution < -0.4 is 9.47 Å². The Morgan fingerprint density at radius 3 is 3.00 bits per heavy atom. The molecule has 1 unspecified atom stereocenters. The first-order chi connectivity index (χ1) is 5.81. The topological polar surface area (TPSA) is 35.5 Å². The second kappa shape index (κ2) is 2.48. The lowest BCUT2D eigenvalue weighted by Gasteiger charge is -1.96. The number of carbonyl (C=O) groups is 1. The zero-order valence-corrected chi connectivity index (χ0v) is 5.99. The van der Waals surface area contributed by atoms with E-state index in [0.717, 1.165) is 0 Å². The summed E-state index contributed by atoms with van der Waals surface area (Å²) < 4.78 is 21.7. The van der Waals surface area contributed by atoms with Gasteiger partial charge >= 0.3 is 6.54 Å². The summed E-state index contributed by atoms with van der Waals surface area (Å²) >= 11 is 0. The Morgan fingerprint density at radius 1 is 1.42 bits per heavy atom. The highest BCUT2D eigenvalue weighted by Gasteiger charge is 2.25. The number of rotatable bonds is 1. The Balaban J connectivity index is 2.51. The standard InChI is InChI=1S/C8H5FO3/c9-8-11-6-3-1-2-5(4-10)7(6)12-8/h1-4,8H. The third-order valence-electron chi connectivity index (χ3n) is 1.57. The monoisotopic (exact) mass is 168 g/mol. The SMILES string of the molecule is O=Cc1cccc2c1OC(F)O2. The highest BCUT2D eigenvalue weighted by molar-refractivity contribution is 5.81. The van der Waals surface area contributed by atoms with Crippen LogP contribution in [0.2, 0.25) is 0 Å². The highest BCUT2D eigenvalue weighted by Crippen LogP contribution is 2.37. The molecule has 1 aliphatic rings. The van der Waals surface area contributed by atoms with Gasteiger partial charge in [0.05, 0.1) is 5.56 Å². The first kappa shape index (κ1) is 7.09. The van der Waals surface area contributed by atoms with Crippen molar-refractivity contribution in [2.75, 3.05) is 0 Å². The van der Waals surface area contributed by atoms with E-state index in [1.807, 2.05) is 0 Å². The molecular weight excluding hydrogens is 163 g/mol. The number of aldehydes is 1. The molecule has 0 fully saturated rings. The van der Waals surface area contributed by atoms with Crippen molar-refractivity contribution < 1.29 is 18.7 Å². The lowest BCUT2D eigenvalue weighted by atomic mass is 10.2. The van der Waals surface area contributed by atoms with Crippen LogP contribution in [0.15, 0.2) is 18.2 Å². The van der Waals surface area contributed by atoms with Crippen LogP contribution in [0.1, 0.15) is 10.4 Å². The largest absolute Gasteiger partial charge is 0.425 e. The molecule has 0 aromatic heterocycles. The Bertz CT molecular complexity index is 324. The van der Waals surface area contributed by atoms with Crippen molar-refractivity contribution in [1.82, 2.24) is 0 Å². The smallest absolute Gasteiger partial charge is 0.397 e. The number of alkyl halides is 1. The summed E-state index contributed by atoms with van der Waals surface area (Å²) in [6, 6.07) is 4.68. The van der Waals surface area contributed by atoms with E-state index in [1.165, 1.54) is 6.07 Å². The summed E-state index contributed by atoms with van der Waals surface area (Å²) in [7, 11) is 0. The van der Waals surface area contributed by atoms with E-state index in [0.29, 0.717) is 11.8 Å². The summed E-state index contributed by atoms with van der Waals surface area (Å²) in [5.41, 5.74) is 0.299. The lowest BCUT2D eigenvalue weighted by molar-refractivity contribution is -0.0653. The van der Waals surface area contributed by atoms with Crippen molar-refractivity contribution in [3.63, 3.8) is 0 Å². The Labute approximate surface area is 67.7 Å². The summed E-state index contributed by atoms with van der Waals surface area (Å²) in [5, 5.41) is 0. The summed E-state index contributed by atoms with van der Waals surface area (Å²) in [5.74, 6) is 0.451. The van der Waals surface area contributed by atoms with Gasteiger partial charge in [-0.25, -0.2) is 0 Å². The van der Waals surface area contributed by atoms with E-state index < -0.39 is 6.54 Å². The third-order valence-corrected chi connectivity index (χ3v) is 1.57. The molecular formula is C8H5FO3. The van der Waals surface area contributed by atoms with Crippen molar-refractivity contribution in [3.05, 3.63) is 23.8 Å². The van der Waals surface area contributed by atoms with E-state index >= 15 is 0 Å². The molecule has 1 aliphatic heterocycles. The van der Waals surface area contributed by atoms with Crippen LogP contribution in [0.3, 0.4) is 0 Å². The fourth-order valence-electron chi connectivity index (χ4n) is 1.06. The van der Waals surface area contributed by atoms with E-state index in [1.54, 1.807) is 12.1 Å². The maximum absolute atomic E-state index is 12.5. The predicted octanol–water partition coefficient (Wildman–Crippen LogP) is 1.52. The van der Waals surface area contributed by atoms with Gasteiger partial charge in [0.2, 0.25) is 0 Å². The molecule has 12 heavy (non-hydrogen) atoms. The molecule has 1 aromatic rings. The average molecular weight is 168 g/mol. The van der Waals surface area contributed by atoms with Crippen molar-refractivity contribution in [2.24, 2.45) is 0 Å². The maximum atomic E-state index is 12.5. The van der Waals surface area contributed by atoms with E-state index in [-0.39, 0.29) is 11.5 Å². The van der Waals surface area contributed by atoms with Gasteiger partial charge in [-0.2, -0.15) is 4.39 Å². The van der Waals surface area contributed by atoms with Crippen LogP contribution in [0, 0.1) is 0 Å². The second-order valence-corrected chi connectivity index (χ2v) is 2.30. The van der Waals surface area contributed by atoms with Gasteiger partial charge in [0.15, 0.2) is 17.8 Å². The number of hydrogen-bond acceptors (Lipinski definition) is 3. The number of halogens is 1. The molecule has 1 atom stereocenters. The maximum Gasteiger partial charge on any atom is 0.397 e. The summed E-state index contributed by atoms with van der Waals surface area (Å²) in [6.07, 6.45) is 0.597. The molecule has 62 valence electrons. The van der Waals surface area contributed by atoms with Crippen LogP contribution in [0.25, 0.3) is 0 Å². The summed E-state index contributed by atoms with van der Waals surface area (Å²) in [6.45, 7) is -1.79. The third kappa shape index (κ3) is 0.922. The molecule has 1 heterocycles. The van der Waals surface area contributed by atoms with Gasteiger partial charge in [-0.05, 0) is 12.1 Å². The van der Waals surface area contributed by atoms with Crippen LogP contribution in [0.5, 0.6) is 11.5 Å². The quantitative estimate of drug-likeness (QED) is 0.596. The Morgan fingerprint density at radius 2 is 2.25 bits per heavy atom. The molecule has 0 N–H and O–H groups in total. The number of para-hydroxylation sites is 1. The van der Waals surface area contributed by atoms with Crippen molar-refractivity contribution in [2.45, 2.75) is 6.54 Å². The van der Waals surface area contributed by atoms with Crippen LogP contribution in [-0.4, -0.2) is 12.8 Å². The zero-order valence-electron chi connectivity index (χ0n) is 5.99. The van der Waals surface area contributed by atoms with Crippen molar-refractivity contribution in [1.29, 1.82) is 0 Å². The number of fused-ring (bicyclic) bond motifs is 1. The number of ether oxygens (including phenoxy) is 2. The van der Waals surface area contributed by atoms with Gasteiger partial charge in [0, 0.05) is 0 Å². The van der Waals surface area contributed by atoms with Crippen LogP contribution >= 0.6 is 0 Å². The van der Waals surface area contributed by atoms with Gasteiger partial charge in [0.1, 0.15) is 0 Å². The fraction of sp³-hybridized carbons (Fsp3) is 0.125. The molecule has 0 aliphatic carbocycles. The van der Waals surface area contributed by atoms with E-state index in [4.69, 9.17) is 0 Å². The molecule has 0 saturated carbocycles. The molecule has 0 radical (unpaired) electrons. The van der Waals surface area contributed by atoms with Crippen LogP contribution in [-0.2, 0) is 0 Å². The predicted molar refractivity (Wildman–Crippen MR) is 38.0 cm³/mol. The minimum atomic E-state index is -1.79. The van der Waals surface area contributed by atoms with Gasteiger partial charge in [-0.15, -0.1) is 0 Å².